The second-order valence-corrected chi connectivity index (χ2v) is 6.11. The number of hydrogen-bond acceptors (Lipinski definition) is 5. The van der Waals surface area contributed by atoms with Gasteiger partial charge in [0, 0.05) is 38.2 Å². The molecule has 1 saturated heterocycles. The lowest BCUT2D eigenvalue weighted by Gasteiger charge is -2.28. The maximum Gasteiger partial charge on any atom is 0.222 e. The zero-order valence-corrected chi connectivity index (χ0v) is 12.6. The average Bonchev–Trinajstić information content (AvgIpc) is 3.37. The van der Waals surface area contributed by atoms with Gasteiger partial charge in [-0.2, -0.15) is 4.98 Å². The number of aromatic nitrogens is 2. The van der Waals surface area contributed by atoms with Gasteiger partial charge in [-0.3, -0.25) is 0 Å². The molecule has 4 rings (SSSR count). The summed E-state index contributed by atoms with van der Waals surface area (Å²) in [6.07, 6.45) is 1.15. The summed E-state index contributed by atoms with van der Waals surface area (Å²) in [6.45, 7) is 3.94. The van der Waals surface area contributed by atoms with Gasteiger partial charge in [0.25, 0.3) is 0 Å². The van der Waals surface area contributed by atoms with Crippen LogP contribution in [0.5, 0.6) is 0 Å². The highest BCUT2D eigenvalue weighted by Crippen LogP contribution is 2.54. The lowest BCUT2D eigenvalue weighted by atomic mass is 10.1. The molecule has 2 aliphatic rings. The number of nitrogens with two attached hydrogens (primary N) is 1. The topological polar surface area (TPSA) is 67.1 Å². The van der Waals surface area contributed by atoms with E-state index in [0.717, 1.165) is 44.1 Å². The minimum absolute atomic E-state index is 0.393. The molecule has 2 atom stereocenters. The molecule has 0 unspecified atom stereocenters. The Morgan fingerprint density at radius 2 is 1.82 bits per heavy atom. The summed E-state index contributed by atoms with van der Waals surface area (Å²) < 4.78 is 0. The number of hydrogen-bond donors (Lipinski definition) is 2. The van der Waals surface area contributed by atoms with Crippen LogP contribution in [0.4, 0.5) is 11.8 Å². The zero-order chi connectivity index (χ0) is 14.9. The predicted molar refractivity (Wildman–Crippen MR) is 88.1 cm³/mol. The molecule has 0 radical (unpaired) electrons. The maximum atomic E-state index is 5.95. The molecule has 1 aliphatic carbocycles. The van der Waals surface area contributed by atoms with Gasteiger partial charge in [-0.25, -0.2) is 4.98 Å². The first-order chi connectivity index (χ1) is 10.8. The van der Waals surface area contributed by atoms with Crippen LogP contribution in [-0.2, 0) is 0 Å². The van der Waals surface area contributed by atoms with Crippen molar-refractivity contribution in [1.82, 2.24) is 15.3 Å². The fourth-order valence-corrected chi connectivity index (χ4v) is 3.31. The van der Waals surface area contributed by atoms with Gasteiger partial charge in [-0.15, -0.1) is 0 Å². The van der Waals surface area contributed by atoms with Gasteiger partial charge in [0.1, 0.15) is 5.82 Å². The van der Waals surface area contributed by atoms with Crippen LogP contribution in [0.15, 0.2) is 36.4 Å². The van der Waals surface area contributed by atoms with Crippen molar-refractivity contribution in [2.24, 2.45) is 0 Å². The van der Waals surface area contributed by atoms with E-state index in [4.69, 9.17) is 5.73 Å². The van der Waals surface area contributed by atoms with E-state index in [1.165, 1.54) is 5.56 Å². The van der Waals surface area contributed by atoms with Crippen molar-refractivity contribution in [3.63, 3.8) is 0 Å². The molecule has 2 heterocycles. The van der Waals surface area contributed by atoms with Gasteiger partial charge in [0.05, 0.1) is 5.69 Å². The summed E-state index contributed by atoms with van der Waals surface area (Å²) in [7, 11) is 0. The molecule has 1 aromatic carbocycles. The van der Waals surface area contributed by atoms with Gasteiger partial charge in [-0.05, 0) is 17.9 Å². The van der Waals surface area contributed by atoms with Crippen molar-refractivity contribution >= 4 is 11.8 Å². The van der Waals surface area contributed by atoms with E-state index in [2.05, 4.69) is 56.6 Å². The van der Waals surface area contributed by atoms with Crippen molar-refractivity contribution in [2.45, 2.75) is 18.3 Å². The van der Waals surface area contributed by atoms with Crippen LogP contribution < -0.4 is 16.0 Å². The molecule has 2 fully saturated rings. The van der Waals surface area contributed by atoms with E-state index in [-0.39, 0.29) is 0 Å². The van der Waals surface area contributed by atoms with E-state index >= 15 is 0 Å². The standard InChI is InChI=1S/C17H21N5/c18-17-20-15(11-16(21-17)22-8-6-19-7-9-22)14-10-13(14)12-4-2-1-3-5-12/h1-5,11,13-14,19H,6-10H2,(H2,18,20,21)/t13-,14+/m0/s1. The van der Waals surface area contributed by atoms with Crippen LogP contribution in [0.25, 0.3) is 0 Å². The molecule has 114 valence electrons. The first-order valence-electron chi connectivity index (χ1n) is 7.96. The molecule has 1 aromatic heterocycles. The predicted octanol–water partition coefficient (Wildman–Crippen LogP) is 1.74. The fraction of sp³-hybridized carbons (Fsp3) is 0.412. The number of nitrogens with zero attached hydrogens (tertiary/aromatic N) is 3. The van der Waals surface area contributed by atoms with Gasteiger partial charge in [-0.1, -0.05) is 30.3 Å². The summed E-state index contributed by atoms with van der Waals surface area (Å²) in [5, 5.41) is 3.36. The second kappa shape index (κ2) is 5.57. The van der Waals surface area contributed by atoms with E-state index in [1.54, 1.807) is 0 Å². The summed E-state index contributed by atoms with van der Waals surface area (Å²) >= 11 is 0. The van der Waals surface area contributed by atoms with Crippen molar-refractivity contribution in [3.8, 4) is 0 Å². The quantitative estimate of drug-likeness (QED) is 0.903. The minimum atomic E-state index is 0.393. The largest absolute Gasteiger partial charge is 0.368 e. The zero-order valence-electron chi connectivity index (χ0n) is 12.6. The lowest BCUT2D eigenvalue weighted by molar-refractivity contribution is 0.584. The Morgan fingerprint density at radius 3 is 2.59 bits per heavy atom. The highest BCUT2D eigenvalue weighted by atomic mass is 15.2. The molecule has 1 aliphatic heterocycles. The Balaban J connectivity index is 1.56. The maximum absolute atomic E-state index is 5.95. The molecule has 3 N–H and O–H groups in total. The third-order valence-electron chi connectivity index (χ3n) is 4.59. The summed E-state index contributed by atoms with van der Waals surface area (Å²) in [5.74, 6) is 2.42. The van der Waals surface area contributed by atoms with Crippen LogP contribution in [0.3, 0.4) is 0 Å². The number of anilines is 2. The lowest BCUT2D eigenvalue weighted by Crippen LogP contribution is -2.44. The normalized spacial score (nSPS) is 24.3. The number of rotatable bonds is 3. The molecule has 5 heteroatoms. The molecule has 0 bridgehead atoms. The van der Waals surface area contributed by atoms with Crippen molar-refractivity contribution in [1.29, 1.82) is 0 Å². The first-order valence-corrected chi connectivity index (χ1v) is 7.96. The SMILES string of the molecule is Nc1nc([C@@H]2C[C@H]2c2ccccc2)cc(N2CCNCC2)n1. The van der Waals surface area contributed by atoms with Gasteiger partial charge in [0.15, 0.2) is 0 Å². The van der Waals surface area contributed by atoms with E-state index in [1.807, 2.05) is 0 Å². The van der Waals surface area contributed by atoms with Crippen LogP contribution in [-0.4, -0.2) is 36.1 Å². The van der Waals surface area contributed by atoms with Gasteiger partial charge >= 0.3 is 0 Å². The Hall–Kier alpha value is -2.14. The molecule has 2 aromatic rings. The van der Waals surface area contributed by atoms with E-state index < -0.39 is 0 Å². The molecular formula is C17H21N5. The van der Waals surface area contributed by atoms with Crippen LogP contribution >= 0.6 is 0 Å². The van der Waals surface area contributed by atoms with Gasteiger partial charge in [0.2, 0.25) is 5.95 Å². The highest BCUT2D eigenvalue weighted by Gasteiger charge is 2.41. The first kappa shape index (κ1) is 13.5. The summed E-state index contributed by atoms with van der Waals surface area (Å²) in [4.78, 5) is 11.2. The van der Waals surface area contributed by atoms with Crippen molar-refractivity contribution in [2.75, 3.05) is 36.8 Å². The molecule has 0 spiro atoms. The molecule has 1 saturated carbocycles. The van der Waals surface area contributed by atoms with Crippen molar-refractivity contribution in [3.05, 3.63) is 47.7 Å². The second-order valence-electron chi connectivity index (χ2n) is 6.11. The molecule has 0 amide bonds. The number of benzene rings is 1. The Bertz CT molecular complexity index is 651. The molecule has 22 heavy (non-hydrogen) atoms. The van der Waals surface area contributed by atoms with Crippen LogP contribution in [0.2, 0.25) is 0 Å². The van der Waals surface area contributed by atoms with Crippen molar-refractivity contribution < 1.29 is 0 Å². The Kier molecular flexibility index (Phi) is 3.42. The summed E-state index contributed by atoms with van der Waals surface area (Å²) in [5.41, 5.74) is 8.44. The molecule has 5 nitrogen and oxygen atoms in total. The van der Waals surface area contributed by atoms with Crippen LogP contribution in [0.1, 0.15) is 29.5 Å². The van der Waals surface area contributed by atoms with Crippen LogP contribution in [0, 0.1) is 0 Å². The third-order valence-corrected chi connectivity index (χ3v) is 4.59. The fourth-order valence-electron chi connectivity index (χ4n) is 3.31. The third kappa shape index (κ3) is 2.64. The molecular weight excluding hydrogens is 274 g/mol. The Morgan fingerprint density at radius 1 is 1.05 bits per heavy atom. The number of nitrogens with one attached hydrogen (secondary N) is 1. The number of nitrogen functional groups attached to an aromatic ring is 1. The minimum Gasteiger partial charge on any atom is -0.368 e. The average molecular weight is 295 g/mol. The number of piperazine rings is 1. The Labute approximate surface area is 130 Å². The smallest absolute Gasteiger partial charge is 0.222 e. The van der Waals surface area contributed by atoms with E-state index in [0.29, 0.717) is 17.8 Å². The van der Waals surface area contributed by atoms with E-state index in [9.17, 15) is 0 Å². The monoisotopic (exact) mass is 295 g/mol. The summed E-state index contributed by atoms with van der Waals surface area (Å²) in [6, 6.07) is 12.8. The van der Waals surface area contributed by atoms with Gasteiger partial charge < -0.3 is 16.0 Å². The highest BCUT2D eigenvalue weighted by molar-refractivity contribution is 5.47.